The van der Waals surface area contributed by atoms with E-state index in [4.69, 9.17) is 14.2 Å². The minimum Gasteiger partial charge on any atom is -0.462 e. The lowest BCUT2D eigenvalue weighted by molar-refractivity contribution is -0.167. The molecule has 0 spiro atoms. The van der Waals surface area contributed by atoms with Crippen molar-refractivity contribution < 1.29 is 28.6 Å². The Morgan fingerprint density at radius 3 is 1.00 bits per heavy atom. The Bertz CT molecular complexity index is 872. The van der Waals surface area contributed by atoms with Gasteiger partial charge in [0.15, 0.2) is 6.10 Å². The summed E-state index contributed by atoms with van der Waals surface area (Å²) in [7, 11) is 0. The number of ether oxygens (including phenoxy) is 3. The zero-order valence-corrected chi connectivity index (χ0v) is 39.0. The van der Waals surface area contributed by atoms with E-state index in [2.05, 4.69) is 34.6 Å². The van der Waals surface area contributed by atoms with Crippen LogP contribution in [0.1, 0.15) is 279 Å². The van der Waals surface area contributed by atoms with Crippen LogP contribution in [0.4, 0.5) is 0 Å². The Balaban J connectivity index is 4.23. The van der Waals surface area contributed by atoms with Crippen LogP contribution in [0.25, 0.3) is 0 Å². The maximum atomic E-state index is 12.7. The van der Waals surface area contributed by atoms with Gasteiger partial charge in [-0.1, -0.05) is 240 Å². The first kappa shape index (κ1) is 55.4. The summed E-state index contributed by atoms with van der Waals surface area (Å²) in [5.74, 6) is 0.799. The third kappa shape index (κ3) is 43.8. The van der Waals surface area contributed by atoms with Gasteiger partial charge in [0.2, 0.25) is 0 Å². The molecule has 0 saturated heterocycles. The molecular formula is C51H98O6. The zero-order valence-electron chi connectivity index (χ0n) is 39.0. The highest BCUT2D eigenvalue weighted by Crippen LogP contribution is 2.18. The van der Waals surface area contributed by atoms with Crippen molar-refractivity contribution in [3.05, 3.63) is 0 Å². The second-order valence-electron chi connectivity index (χ2n) is 18.2. The molecule has 1 unspecified atom stereocenters. The fourth-order valence-corrected chi connectivity index (χ4v) is 7.60. The van der Waals surface area contributed by atoms with E-state index < -0.39 is 6.10 Å². The molecule has 0 aromatic carbocycles. The van der Waals surface area contributed by atoms with Gasteiger partial charge in [0, 0.05) is 19.3 Å². The molecule has 0 aromatic heterocycles. The topological polar surface area (TPSA) is 78.9 Å². The van der Waals surface area contributed by atoms with Gasteiger partial charge in [-0.2, -0.15) is 0 Å². The molecule has 0 aliphatic carbocycles. The maximum Gasteiger partial charge on any atom is 0.306 e. The van der Waals surface area contributed by atoms with Gasteiger partial charge >= 0.3 is 17.9 Å². The van der Waals surface area contributed by atoms with E-state index in [1.54, 1.807) is 0 Å². The first-order valence-electron chi connectivity index (χ1n) is 25.3. The molecule has 0 amide bonds. The van der Waals surface area contributed by atoms with Crippen molar-refractivity contribution in [2.45, 2.75) is 285 Å². The van der Waals surface area contributed by atoms with E-state index in [0.717, 1.165) is 69.6 Å². The van der Waals surface area contributed by atoms with Crippen molar-refractivity contribution in [2.24, 2.45) is 11.8 Å². The second kappa shape index (κ2) is 44.0. The quantitative estimate of drug-likeness (QED) is 0.0346. The van der Waals surface area contributed by atoms with Crippen LogP contribution in [0.5, 0.6) is 0 Å². The summed E-state index contributed by atoms with van der Waals surface area (Å²) < 4.78 is 16.8. The van der Waals surface area contributed by atoms with Crippen molar-refractivity contribution in [3.63, 3.8) is 0 Å². The predicted molar refractivity (Wildman–Crippen MR) is 243 cm³/mol. The van der Waals surface area contributed by atoms with Crippen molar-refractivity contribution in [1.82, 2.24) is 0 Å². The molecular weight excluding hydrogens is 709 g/mol. The van der Waals surface area contributed by atoms with Crippen molar-refractivity contribution in [2.75, 3.05) is 13.2 Å². The molecule has 0 aliphatic rings. The summed E-state index contributed by atoms with van der Waals surface area (Å²) >= 11 is 0. The highest BCUT2D eigenvalue weighted by atomic mass is 16.6. The van der Waals surface area contributed by atoms with Crippen LogP contribution in [0.2, 0.25) is 0 Å². The van der Waals surface area contributed by atoms with E-state index in [1.807, 2.05) is 0 Å². The average Bonchev–Trinajstić information content (AvgIpc) is 3.19. The molecule has 2 atom stereocenters. The highest BCUT2D eigenvalue weighted by Gasteiger charge is 2.19. The molecule has 57 heavy (non-hydrogen) atoms. The first-order chi connectivity index (χ1) is 27.8. The second-order valence-corrected chi connectivity index (χ2v) is 18.2. The van der Waals surface area contributed by atoms with Crippen LogP contribution in [0, 0.1) is 11.8 Å². The van der Waals surface area contributed by atoms with Crippen LogP contribution in [0.3, 0.4) is 0 Å². The Hall–Kier alpha value is -1.59. The summed E-state index contributed by atoms with van der Waals surface area (Å²) in [6.07, 6.45) is 43.8. The fourth-order valence-electron chi connectivity index (χ4n) is 7.60. The Morgan fingerprint density at radius 2 is 0.667 bits per heavy atom. The average molecular weight is 807 g/mol. The Labute approximate surface area is 355 Å². The molecule has 0 aliphatic heterocycles. The number of rotatable bonds is 45. The van der Waals surface area contributed by atoms with Gasteiger partial charge in [0.05, 0.1) is 0 Å². The van der Waals surface area contributed by atoms with Gasteiger partial charge in [-0.25, -0.2) is 0 Å². The lowest BCUT2D eigenvalue weighted by atomic mass is 9.99. The van der Waals surface area contributed by atoms with Gasteiger partial charge in [-0.05, 0) is 31.1 Å². The van der Waals surface area contributed by atoms with Gasteiger partial charge in [-0.15, -0.1) is 0 Å². The minimum absolute atomic E-state index is 0.0649. The molecule has 0 rings (SSSR count). The first-order valence-corrected chi connectivity index (χ1v) is 25.3. The predicted octanol–water partition coefficient (Wildman–Crippen LogP) is 16.1. The van der Waals surface area contributed by atoms with Crippen molar-refractivity contribution in [1.29, 1.82) is 0 Å². The molecule has 0 saturated carbocycles. The van der Waals surface area contributed by atoms with Crippen molar-refractivity contribution in [3.8, 4) is 0 Å². The molecule has 6 heteroatoms. The number of hydrogen-bond donors (Lipinski definition) is 0. The van der Waals surface area contributed by atoms with Gasteiger partial charge < -0.3 is 14.2 Å². The van der Waals surface area contributed by atoms with E-state index in [-0.39, 0.29) is 31.1 Å². The van der Waals surface area contributed by atoms with Crippen LogP contribution >= 0.6 is 0 Å². The van der Waals surface area contributed by atoms with Gasteiger partial charge in [0.25, 0.3) is 0 Å². The van der Waals surface area contributed by atoms with Gasteiger partial charge in [0.1, 0.15) is 13.2 Å². The van der Waals surface area contributed by atoms with E-state index in [1.165, 1.54) is 167 Å². The standard InChI is InChI=1S/C51H98O6/c1-6-8-9-10-11-12-13-19-22-25-31-36-41-49(52)55-44-48(57-51(54)43-38-33-28-27-29-34-39-46(3)4)45-56-50(53)42-37-32-26-23-20-17-15-14-16-18-21-24-30-35-40-47(5)7-2/h46-48H,6-45H2,1-5H3/t47?,48-/m1/s1. The summed E-state index contributed by atoms with van der Waals surface area (Å²) in [6.45, 7) is 11.3. The molecule has 0 fully saturated rings. The number of hydrogen-bond acceptors (Lipinski definition) is 6. The maximum absolute atomic E-state index is 12.7. The van der Waals surface area contributed by atoms with Gasteiger partial charge in [-0.3, -0.25) is 14.4 Å². The van der Waals surface area contributed by atoms with E-state index in [0.29, 0.717) is 19.3 Å². The van der Waals surface area contributed by atoms with Crippen molar-refractivity contribution >= 4 is 17.9 Å². The Kier molecular flexibility index (Phi) is 42.7. The molecule has 6 nitrogen and oxygen atoms in total. The summed E-state index contributed by atoms with van der Waals surface area (Å²) in [6, 6.07) is 0. The van der Waals surface area contributed by atoms with Crippen LogP contribution in [-0.2, 0) is 28.6 Å². The largest absolute Gasteiger partial charge is 0.462 e. The lowest BCUT2D eigenvalue weighted by Crippen LogP contribution is -2.30. The highest BCUT2D eigenvalue weighted by molar-refractivity contribution is 5.71. The zero-order chi connectivity index (χ0) is 41.9. The third-order valence-electron chi connectivity index (χ3n) is 11.8. The van der Waals surface area contributed by atoms with Crippen LogP contribution in [0.15, 0.2) is 0 Å². The lowest BCUT2D eigenvalue weighted by Gasteiger charge is -2.18. The third-order valence-corrected chi connectivity index (χ3v) is 11.8. The van der Waals surface area contributed by atoms with Crippen LogP contribution < -0.4 is 0 Å². The molecule has 0 N–H and O–H groups in total. The number of carbonyl (C=O) groups excluding carboxylic acids is 3. The number of unbranched alkanes of at least 4 members (excludes halogenated alkanes) is 29. The molecule has 338 valence electrons. The monoisotopic (exact) mass is 807 g/mol. The fraction of sp³-hybridized carbons (Fsp3) is 0.941. The van der Waals surface area contributed by atoms with E-state index in [9.17, 15) is 14.4 Å². The Morgan fingerprint density at radius 1 is 0.368 bits per heavy atom. The summed E-state index contributed by atoms with van der Waals surface area (Å²) in [4.78, 5) is 37.8. The molecule has 0 bridgehead atoms. The molecule has 0 radical (unpaired) electrons. The normalized spacial score (nSPS) is 12.5. The van der Waals surface area contributed by atoms with Crippen LogP contribution in [-0.4, -0.2) is 37.2 Å². The number of esters is 3. The number of carbonyl (C=O) groups is 3. The van der Waals surface area contributed by atoms with E-state index >= 15 is 0 Å². The smallest absolute Gasteiger partial charge is 0.306 e. The SMILES string of the molecule is CCCCCCCCCCCCCCC(=O)OC[C@H](COC(=O)CCCCCCCCCCCCCCCCC(C)CC)OC(=O)CCCCCCCCC(C)C. The molecule has 0 heterocycles. The minimum atomic E-state index is -0.761. The summed E-state index contributed by atoms with van der Waals surface area (Å²) in [5, 5.41) is 0. The summed E-state index contributed by atoms with van der Waals surface area (Å²) in [5.41, 5.74) is 0. The molecule has 0 aromatic rings.